The van der Waals surface area contributed by atoms with Crippen LogP contribution in [-0.2, 0) is 9.59 Å². The molecule has 0 bridgehead atoms. The number of carboxylic acid groups (broad SMARTS) is 1. The van der Waals surface area contributed by atoms with Gasteiger partial charge in [0.1, 0.15) is 11.8 Å². The number of carbonyl (C=O) groups excluding carboxylic acids is 2. The number of urea groups is 1. The fourth-order valence-corrected chi connectivity index (χ4v) is 1.23. The Bertz CT molecular complexity index is 364. The van der Waals surface area contributed by atoms with E-state index in [4.69, 9.17) is 5.11 Å². The Kier molecular flexibility index (Phi) is 5.53. The Morgan fingerprint density at radius 1 is 1.05 bits per heavy atom. The first kappa shape index (κ1) is 17.4. The number of ketones is 1. The van der Waals surface area contributed by atoms with Gasteiger partial charge in [0, 0.05) is 17.4 Å². The summed E-state index contributed by atoms with van der Waals surface area (Å²) in [4.78, 5) is 34.5. The molecule has 19 heavy (non-hydrogen) atoms. The zero-order chi connectivity index (χ0) is 15.4. The number of carbonyl (C=O) groups is 3. The van der Waals surface area contributed by atoms with Crippen LogP contribution in [0.4, 0.5) is 4.79 Å². The van der Waals surface area contributed by atoms with Crippen LogP contribution in [0, 0.1) is 5.41 Å². The molecule has 0 aliphatic rings. The zero-order valence-electron chi connectivity index (χ0n) is 12.5. The van der Waals surface area contributed by atoms with Gasteiger partial charge in [-0.1, -0.05) is 20.8 Å². The van der Waals surface area contributed by atoms with Crippen LogP contribution < -0.4 is 10.6 Å². The third-order valence-electron chi connectivity index (χ3n) is 2.32. The molecule has 0 aliphatic carbocycles. The topological polar surface area (TPSA) is 95.5 Å². The number of rotatable bonds is 4. The Labute approximate surface area is 113 Å². The Hall–Kier alpha value is -1.59. The highest BCUT2D eigenvalue weighted by molar-refractivity contribution is 5.91. The lowest BCUT2D eigenvalue weighted by molar-refractivity contribution is -0.142. The number of Topliss-reactive ketones (excluding diaryl/α,β-unsaturated/α-hetero) is 1. The summed E-state index contributed by atoms with van der Waals surface area (Å²) < 4.78 is 0. The second kappa shape index (κ2) is 6.04. The van der Waals surface area contributed by atoms with Crippen molar-refractivity contribution in [2.45, 2.75) is 59.5 Å². The fraction of sp³-hybridized carbons (Fsp3) is 0.769. The molecule has 0 rings (SSSR count). The molecule has 0 aromatic carbocycles. The van der Waals surface area contributed by atoms with E-state index < -0.39 is 29.0 Å². The molecule has 0 saturated carbocycles. The first-order valence-corrected chi connectivity index (χ1v) is 6.18. The lowest BCUT2D eigenvalue weighted by atomic mass is 9.87. The van der Waals surface area contributed by atoms with E-state index in [9.17, 15) is 14.4 Å². The average molecular weight is 272 g/mol. The number of hydrogen-bond acceptors (Lipinski definition) is 3. The number of amides is 2. The van der Waals surface area contributed by atoms with Gasteiger partial charge in [0.2, 0.25) is 0 Å². The Morgan fingerprint density at radius 2 is 1.53 bits per heavy atom. The lowest BCUT2D eigenvalue weighted by Gasteiger charge is -2.24. The molecule has 2 amide bonds. The van der Waals surface area contributed by atoms with Crippen molar-refractivity contribution in [1.82, 2.24) is 10.6 Å². The largest absolute Gasteiger partial charge is 0.480 e. The molecule has 0 radical (unpaired) electrons. The smallest absolute Gasteiger partial charge is 0.326 e. The minimum atomic E-state index is -1.22. The van der Waals surface area contributed by atoms with E-state index in [-0.39, 0.29) is 12.2 Å². The van der Waals surface area contributed by atoms with Crippen LogP contribution in [0.15, 0.2) is 0 Å². The van der Waals surface area contributed by atoms with Gasteiger partial charge in [0.25, 0.3) is 0 Å². The van der Waals surface area contributed by atoms with Gasteiger partial charge in [0.05, 0.1) is 0 Å². The normalized spacial score (nSPS) is 13.6. The number of aliphatic carboxylic acids is 1. The molecule has 0 fully saturated rings. The van der Waals surface area contributed by atoms with Crippen molar-refractivity contribution in [3.05, 3.63) is 0 Å². The summed E-state index contributed by atoms with van der Waals surface area (Å²) >= 11 is 0. The highest BCUT2D eigenvalue weighted by atomic mass is 16.4. The van der Waals surface area contributed by atoms with Crippen molar-refractivity contribution < 1.29 is 19.5 Å². The van der Waals surface area contributed by atoms with Crippen molar-refractivity contribution in [1.29, 1.82) is 0 Å². The maximum atomic E-state index is 11.8. The van der Waals surface area contributed by atoms with E-state index in [0.29, 0.717) is 0 Å². The molecular formula is C13H24N2O4. The van der Waals surface area contributed by atoms with Crippen LogP contribution in [0.3, 0.4) is 0 Å². The summed E-state index contributed by atoms with van der Waals surface area (Å²) in [5, 5.41) is 13.9. The molecule has 3 N–H and O–H groups in total. The molecule has 0 spiro atoms. The zero-order valence-corrected chi connectivity index (χ0v) is 12.5. The van der Waals surface area contributed by atoms with E-state index in [0.717, 1.165) is 0 Å². The summed E-state index contributed by atoms with van der Waals surface area (Å²) in [7, 11) is 0. The molecule has 110 valence electrons. The maximum Gasteiger partial charge on any atom is 0.326 e. The van der Waals surface area contributed by atoms with E-state index >= 15 is 0 Å². The Morgan fingerprint density at radius 3 is 1.84 bits per heavy atom. The fourth-order valence-electron chi connectivity index (χ4n) is 1.23. The summed E-state index contributed by atoms with van der Waals surface area (Å²) in [5.74, 6) is -1.43. The van der Waals surface area contributed by atoms with Crippen molar-refractivity contribution >= 4 is 17.8 Å². The lowest BCUT2D eigenvalue weighted by Crippen LogP contribution is -2.52. The summed E-state index contributed by atoms with van der Waals surface area (Å²) in [5.41, 5.74) is -1.10. The minimum Gasteiger partial charge on any atom is -0.480 e. The Balaban J connectivity index is 4.65. The highest BCUT2D eigenvalue weighted by Gasteiger charge is 2.29. The van der Waals surface area contributed by atoms with Crippen LogP contribution in [-0.4, -0.2) is 34.5 Å². The number of carboxylic acids is 1. The van der Waals surface area contributed by atoms with Gasteiger partial charge < -0.3 is 15.7 Å². The van der Waals surface area contributed by atoms with Gasteiger partial charge in [0.15, 0.2) is 0 Å². The van der Waals surface area contributed by atoms with Gasteiger partial charge in [-0.25, -0.2) is 9.59 Å². The first-order valence-electron chi connectivity index (χ1n) is 6.18. The van der Waals surface area contributed by atoms with E-state index in [1.165, 1.54) is 0 Å². The molecule has 6 heteroatoms. The second-order valence-corrected chi connectivity index (χ2v) is 6.62. The van der Waals surface area contributed by atoms with Crippen LogP contribution in [0.1, 0.15) is 48.0 Å². The van der Waals surface area contributed by atoms with Gasteiger partial charge in [-0.05, 0) is 20.8 Å². The second-order valence-electron chi connectivity index (χ2n) is 6.62. The van der Waals surface area contributed by atoms with Crippen LogP contribution in [0.5, 0.6) is 0 Å². The summed E-state index contributed by atoms with van der Waals surface area (Å²) in [6.07, 6.45) is -0.226. The SMILES string of the molecule is CC(C)(C)NC(=O)NC(CC(=O)C(C)(C)C)C(=O)O. The molecular weight excluding hydrogens is 248 g/mol. The van der Waals surface area contributed by atoms with Crippen LogP contribution >= 0.6 is 0 Å². The summed E-state index contributed by atoms with van der Waals surface area (Å²) in [6.45, 7) is 10.5. The van der Waals surface area contributed by atoms with Gasteiger partial charge in [-0.15, -0.1) is 0 Å². The highest BCUT2D eigenvalue weighted by Crippen LogP contribution is 2.17. The molecule has 0 heterocycles. The third kappa shape index (κ3) is 7.43. The molecule has 1 atom stereocenters. The molecule has 0 aliphatic heterocycles. The predicted octanol–water partition coefficient (Wildman–Crippen LogP) is 1.54. The van der Waals surface area contributed by atoms with Gasteiger partial charge >= 0.3 is 12.0 Å². The van der Waals surface area contributed by atoms with Crippen molar-refractivity contribution in [2.75, 3.05) is 0 Å². The van der Waals surface area contributed by atoms with Crippen molar-refractivity contribution in [2.24, 2.45) is 5.41 Å². The van der Waals surface area contributed by atoms with Gasteiger partial charge in [-0.2, -0.15) is 0 Å². The van der Waals surface area contributed by atoms with Gasteiger partial charge in [-0.3, -0.25) is 4.79 Å². The molecule has 6 nitrogen and oxygen atoms in total. The monoisotopic (exact) mass is 272 g/mol. The van der Waals surface area contributed by atoms with Crippen LogP contribution in [0.25, 0.3) is 0 Å². The van der Waals surface area contributed by atoms with E-state index in [1.54, 1.807) is 41.5 Å². The van der Waals surface area contributed by atoms with Crippen molar-refractivity contribution in [3.63, 3.8) is 0 Å². The summed E-state index contributed by atoms with van der Waals surface area (Å²) in [6, 6.07) is -1.81. The van der Waals surface area contributed by atoms with Crippen molar-refractivity contribution in [3.8, 4) is 0 Å². The number of nitrogens with one attached hydrogen (secondary N) is 2. The first-order chi connectivity index (χ1) is 8.33. The third-order valence-corrected chi connectivity index (χ3v) is 2.32. The van der Waals surface area contributed by atoms with E-state index in [1.807, 2.05) is 0 Å². The average Bonchev–Trinajstić information content (AvgIpc) is 2.11. The molecule has 1 unspecified atom stereocenters. The standard InChI is InChI=1S/C13H24N2O4/c1-12(2,3)9(16)7-8(10(17)18)14-11(19)15-13(4,5)6/h8H,7H2,1-6H3,(H,17,18)(H2,14,15,19). The van der Waals surface area contributed by atoms with Crippen LogP contribution in [0.2, 0.25) is 0 Å². The molecule has 0 aromatic heterocycles. The minimum absolute atomic E-state index is 0.212. The number of hydrogen-bond donors (Lipinski definition) is 3. The quantitative estimate of drug-likeness (QED) is 0.723. The molecule has 0 saturated heterocycles. The van der Waals surface area contributed by atoms with E-state index in [2.05, 4.69) is 10.6 Å². The predicted molar refractivity (Wildman–Crippen MR) is 71.9 cm³/mol. The maximum absolute atomic E-state index is 11.8. The molecule has 0 aromatic rings.